The zero-order chi connectivity index (χ0) is 21.8. The highest BCUT2D eigenvalue weighted by Crippen LogP contribution is 2.18. The minimum absolute atomic E-state index is 0.0610. The Labute approximate surface area is 179 Å². The lowest BCUT2D eigenvalue weighted by molar-refractivity contribution is -0.000614. The van der Waals surface area contributed by atoms with Crippen LogP contribution in [-0.2, 0) is 30.4 Å². The fraction of sp³-hybridized carbons (Fsp3) is 0.435. The van der Waals surface area contributed by atoms with E-state index >= 15 is 0 Å². The van der Waals surface area contributed by atoms with E-state index in [1.807, 2.05) is 43.3 Å². The second-order valence-electron chi connectivity index (χ2n) is 7.16. The topological polar surface area (TPSA) is 78.9 Å². The van der Waals surface area contributed by atoms with Crippen molar-refractivity contribution in [1.29, 1.82) is 0 Å². The number of esters is 1. The predicted molar refractivity (Wildman–Crippen MR) is 116 cm³/mol. The highest BCUT2D eigenvalue weighted by molar-refractivity contribution is 7.86. The number of ether oxygens (including phenoxy) is 2. The van der Waals surface area contributed by atoms with Crippen molar-refractivity contribution in [2.45, 2.75) is 51.4 Å². The fourth-order valence-corrected chi connectivity index (χ4v) is 3.73. The van der Waals surface area contributed by atoms with Crippen LogP contribution in [0.2, 0.25) is 0 Å². The van der Waals surface area contributed by atoms with Gasteiger partial charge in [-0.2, -0.15) is 8.42 Å². The molecule has 164 valence electrons. The number of carbonyl (C=O) groups excluding carboxylic acids is 1. The van der Waals surface area contributed by atoms with Crippen molar-refractivity contribution in [2.75, 3.05) is 12.9 Å². The van der Waals surface area contributed by atoms with Crippen molar-refractivity contribution in [1.82, 2.24) is 0 Å². The average molecular weight is 435 g/mol. The van der Waals surface area contributed by atoms with Gasteiger partial charge in [0.05, 0.1) is 37.2 Å². The number of hydrogen-bond acceptors (Lipinski definition) is 6. The molecule has 0 bridgehead atoms. The molecule has 0 aliphatic rings. The molecule has 0 fully saturated rings. The van der Waals surface area contributed by atoms with Crippen molar-refractivity contribution in [3.8, 4) is 0 Å². The molecular formula is C23H30O6S. The molecule has 30 heavy (non-hydrogen) atoms. The van der Waals surface area contributed by atoms with Crippen LogP contribution in [0, 0.1) is 0 Å². The molecule has 0 saturated carbocycles. The van der Waals surface area contributed by atoms with Crippen LogP contribution in [0.4, 0.5) is 0 Å². The quantitative estimate of drug-likeness (QED) is 0.344. The van der Waals surface area contributed by atoms with Crippen LogP contribution in [0.25, 0.3) is 0 Å². The van der Waals surface area contributed by atoms with Crippen molar-refractivity contribution < 1.29 is 26.9 Å². The van der Waals surface area contributed by atoms with Crippen LogP contribution in [0.15, 0.2) is 60.7 Å². The first-order valence-electron chi connectivity index (χ1n) is 10.1. The van der Waals surface area contributed by atoms with Gasteiger partial charge in [-0.25, -0.2) is 4.79 Å². The summed E-state index contributed by atoms with van der Waals surface area (Å²) in [6.45, 7) is 2.55. The summed E-state index contributed by atoms with van der Waals surface area (Å²) in [7, 11) is -3.65. The second kappa shape index (κ2) is 12.5. The zero-order valence-corrected chi connectivity index (χ0v) is 18.3. The molecule has 0 N–H and O–H groups in total. The van der Waals surface area contributed by atoms with Gasteiger partial charge in [0.25, 0.3) is 10.1 Å². The Bertz CT molecular complexity index is 852. The first kappa shape index (κ1) is 24.1. The van der Waals surface area contributed by atoms with Gasteiger partial charge in [-0.15, -0.1) is 0 Å². The average Bonchev–Trinajstić information content (AvgIpc) is 2.72. The molecule has 0 aromatic heterocycles. The van der Waals surface area contributed by atoms with Crippen LogP contribution >= 0.6 is 0 Å². The molecule has 0 unspecified atom stereocenters. The Morgan fingerprint density at radius 1 is 0.933 bits per heavy atom. The van der Waals surface area contributed by atoms with E-state index in [0.717, 1.165) is 24.7 Å². The van der Waals surface area contributed by atoms with E-state index in [4.69, 9.17) is 13.7 Å². The van der Waals surface area contributed by atoms with E-state index in [2.05, 4.69) is 0 Å². The zero-order valence-electron chi connectivity index (χ0n) is 17.5. The number of benzene rings is 2. The fourth-order valence-electron chi connectivity index (χ4n) is 3.07. The van der Waals surface area contributed by atoms with Gasteiger partial charge in [-0.05, 0) is 24.1 Å². The summed E-state index contributed by atoms with van der Waals surface area (Å²) in [6.07, 6.45) is 2.57. The van der Waals surface area contributed by atoms with Crippen molar-refractivity contribution >= 4 is 16.1 Å². The van der Waals surface area contributed by atoms with Crippen LogP contribution in [0.3, 0.4) is 0 Å². The molecule has 0 aliphatic heterocycles. The summed E-state index contributed by atoms with van der Waals surface area (Å²) in [6, 6.07) is 18.5. The second-order valence-corrected chi connectivity index (χ2v) is 8.76. The predicted octanol–water partition coefficient (Wildman–Crippen LogP) is 4.35. The summed E-state index contributed by atoms with van der Waals surface area (Å²) < 4.78 is 40.0. The molecule has 2 atom stereocenters. The van der Waals surface area contributed by atoms with Gasteiger partial charge in [0, 0.05) is 12.8 Å². The van der Waals surface area contributed by atoms with E-state index in [-0.39, 0.29) is 19.1 Å². The lowest BCUT2D eigenvalue weighted by Crippen LogP contribution is -2.27. The molecule has 7 heteroatoms. The van der Waals surface area contributed by atoms with E-state index in [9.17, 15) is 13.2 Å². The lowest BCUT2D eigenvalue weighted by Gasteiger charge is -2.23. The Kier molecular flexibility index (Phi) is 10.00. The first-order chi connectivity index (χ1) is 14.4. The van der Waals surface area contributed by atoms with Crippen LogP contribution < -0.4 is 0 Å². The number of carbonyl (C=O) groups is 1. The molecule has 0 aliphatic carbocycles. The molecule has 0 radical (unpaired) electrons. The molecule has 6 nitrogen and oxygen atoms in total. The van der Waals surface area contributed by atoms with Crippen molar-refractivity contribution in [2.24, 2.45) is 0 Å². The maximum absolute atomic E-state index is 12.1. The van der Waals surface area contributed by atoms with Gasteiger partial charge in [0.15, 0.2) is 0 Å². The highest BCUT2D eigenvalue weighted by Gasteiger charge is 2.22. The van der Waals surface area contributed by atoms with Crippen molar-refractivity contribution in [3.63, 3.8) is 0 Å². The SMILES string of the molecule is CCC[C@@H](C[C@H](CCOC(=O)c1ccccc1)OS(C)(=O)=O)OCc1ccccc1. The summed E-state index contributed by atoms with van der Waals surface area (Å²) >= 11 is 0. The highest BCUT2D eigenvalue weighted by atomic mass is 32.2. The van der Waals surface area contributed by atoms with Gasteiger partial charge in [0.2, 0.25) is 0 Å². The van der Waals surface area contributed by atoms with E-state index in [1.165, 1.54) is 0 Å². The largest absolute Gasteiger partial charge is 0.462 e. The molecule has 0 spiro atoms. The summed E-state index contributed by atoms with van der Waals surface area (Å²) in [5.74, 6) is -0.445. The molecule has 0 heterocycles. The molecule has 2 aromatic carbocycles. The first-order valence-corrected chi connectivity index (χ1v) is 11.9. The van der Waals surface area contributed by atoms with Crippen LogP contribution in [0.5, 0.6) is 0 Å². The minimum atomic E-state index is -3.65. The smallest absolute Gasteiger partial charge is 0.338 e. The Hall–Kier alpha value is -2.22. The van der Waals surface area contributed by atoms with E-state index < -0.39 is 22.2 Å². The third-order valence-corrected chi connectivity index (χ3v) is 5.08. The molecular weight excluding hydrogens is 404 g/mol. The summed E-state index contributed by atoms with van der Waals surface area (Å²) in [4.78, 5) is 12.1. The van der Waals surface area contributed by atoms with Gasteiger partial charge in [-0.1, -0.05) is 61.9 Å². The minimum Gasteiger partial charge on any atom is -0.462 e. The molecule has 0 amide bonds. The monoisotopic (exact) mass is 434 g/mol. The van der Waals surface area contributed by atoms with Crippen LogP contribution in [-0.4, -0.2) is 39.5 Å². The summed E-state index contributed by atoms with van der Waals surface area (Å²) in [5, 5.41) is 0. The Morgan fingerprint density at radius 2 is 1.57 bits per heavy atom. The maximum Gasteiger partial charge on any atom is 0.338 e. The molecule has 0 saturated heterocycles. The summed E-state index contributed by atoms with van der Waals surface area (Å²) in [5.41, 5.74) is 1.50. The Balaban J connectivity index is 1.93. The molecule has 2 aromatic rings. The third kappa shape index (κ3) is 9.52. The molecule has 2 rings (SSSR count). The van der Waals surface area contributed by atoms with Gasteiger partial charge < -0.3 is 9.47 Å². The number of rotatable bonds is 13. The maximum atomic E-state index is 12.1. The third-order valence-electron chi connectivity index (χ3n) is 4.46. The Morgan fingerprint density at radius 3 is 2.17 bits per heavy atom. The van der Waals surface area contributed by atoms with Crippen molar-refractivity contribution in [3.05, 3.63) is 71.8 Å². The normalized spacial score (nSPS) is 13.5. The van der Waals surface area contributed by atoms with Crippen LogP contribution in [0.1, 0.15) is 48.5 Å². The van der Waals surface area contributed by atoms with E-state index in [1.54, 1.807) is 24.3 Å². The van der Waals surface area contributed by atoms with E-state index in [0.29, 0.717) is 18.6 Å². The van der Waals surface area contributed by atoms with Gasteiger partial charge in [-0.3, -0.25) is 4.18 Å². The lowest BCUT2D eigenvalue weighted by atomic mass is 10.1. The number of hydrogen-bond donors (Lipinski definition) is 0. The van der Waals surface area contributed by atoms with Gasteiger partial charge >= 0.3 is 5.97 Å². The van der Waals surface area contributed by atoms with Gasteiger partial charge in [0.1, 0.15) is 0 Å². The standard InChI is InChI=1S/C23H30O6S/c1-3-10-21(28-18-19-11-6-4-7-12-19)17-22(29-30(2,25)26)15-16-27-23(24)20-13-8-5-9-14-20/h4-9,11-14,21-22H,3,10,15-18H2,1-2H3/t21-,22-/m0/s1.